The van der Waals surface area contributed by atoms with Crippen LogP contribution in [0, 0.1) is 0 Å². The van der Waals surface area contributed by atoms with Crippen LogP contribution in [0.1, 0.15) is 62.9 Å². The molecule has 0 aliphatic heterocycles. The molecule has 0 fully saturated rings. The second kappa shape index (κ2) is 16.5. The van der Waals surface area contributed by atoms with E-state index in [0.717, 1.165) is 118 Å². The zero-order valence-electron chi connectivity index (χ0n) is 25.4. The van der Waals surface area contributed by atoms with Gasteiger partial charge in [0.15, 0.2) is 0 Å². The minimum Gasteiger partial charge on any atom is -0.506 e. The van der Waals surface area contributed by atoms with Crippen LogP contribution in [0.25, 0.3) is 21.9 Å². The maximum Gasteiger partial charge on any atom is 0.143 e. The summed E-state index contributed by atoms with van der Waals surface area (Å²) in [5.41, 5.74) is 2.77. The zero-order chi connectivity index (χ0) is 30.4. The Hall–Kier alpha value is -4.27. The molecule has 0 bridgehead atoms. The molecule has 2 heterocycles. The predicted octanol–water partition coefficient (Wildman–Crippen LogP) is 8.40. The number of phenolic OH excluding ortho intramolecular Hbond substituents is 2. The highest BCUT2D eigenvalue weighted by Gasteiger charge is 2.08. The van der Waals surface area contributed by atoms with E-state index in [1.165, 1.54) is 6.07 Å². The number of para-hydroxylation sites is 2. The Kier molecular flexibility index (Phi) is 11.7. The molecule has 232 valence electrons. The number of furan rings is 2. The number of aromatic hydroxyl groups is 2. The molecule has 5 N–H and O–H groups in total. The van der Waals surface area contributed by atoms with Crippen LogP contribution in [0.5, 0.6) is 11.5 Å². The third kappa shape index (κ3) is 9.36. The van der Waals surface area contributed by atoms with Gasteiger partial charge in [-0.25, -0.2) is 0 Å². The molecule has 5 aromatic rings. The number of benzene rings is 3. The van der Waals surface area contributed by atoms with Crippen molar-refractivity contribution in [1.29, 1.82) is 0 Å². The highest BCUT2D eigenvalue weighted by Crippen LogP contribution is 2.36. The summed E-state index contributed by atoms with van der Waals surface area (Å²) in [5, 5.41) is 33.2. The minimum atomic E-state index is 0.0619. The van der Waals surface area contributed by atoms with Crippen LogP contribution in [-0.2, 0) is 13.1 Å². The Morgan fingerprint density at radius 3 is 1.80 bits per heavy atom. The fourth-order valence-corrected chi connectivity index (χ4v) is 5.26. The van der Waals surface area contributed by atoms with Gasteiger partial charge in [0.2, 0.25) is 0 Å². The van der Waals surface area contributed by atoms with Gasteiger partial charge in [0.05, 0.1) is 18.8 Å². The number of rotatable bonds is 19. The van der Waals surface area contributed by atoms with Crippen LogP contribution in [0.3, 0.4) is 0 Å². The first-order chi connectivity index (χ1) is 21.7. The summed E-state index contributed by atoms with van der Waals surface area (Å²) < 4.78 is 11.7. The van der Waals surface area contributed by atoms with Gasteiger partial charge >= 0.3 is 0 Å². The lowest BCUT2D eigenvalue weighted by Crippen LogP contribution is -2.14. The largest absolute Gasteiger partial charge is 0.506 e. The minimum absolute atomic E-state index is 0.0619. The van der Waals surface area contributed by atoms with Gasteiger partial charge in [-0.3, -0.25) is 4.99 Å². The maximum absolute atomic E-state index is 10.4. The molecule has 0 saturated heterocycles. The normalized spacial score (nSPS) is 11.7. The summed E-state index contributed by atoms with van der Waals surface area (Å²) in [7, 11) is 0. The van der Waals surface area contributed by atoms with Gasteiger partial charge < -0.3 is 35.0 Å². The van der Waals surface area contributed by atoms with Gasteiger partial charge in [-0.05, 0) is 69.5 Å². The van der Waals surface area contributed by atoms with Crippen LogP contribution in [0.2, 0.25) is 0 Å². The molecule has 5 rings (SSSR count). The summed E-state index contributed by atoms with van der Waals surface area (Å²) >= 11 is 0. The van der Waals surface area contributed by atoms with E-state index in [1.54, 1.807) is 6.07 Å². The van der Waals surface area contributed by atoms with Crippen LogP contribution in [0.15, 0.2) is 86.6 Å². The van der Waals surface area contributed by atoms with Crippen LogP contribution in [-0.4, -0.2) is 36.1 Å². The molecule has 0 aliphatic carbocycles. The van der Waals surface area contributed by atoms with Crippen molar-refractivity contribution in [1.82, 2.24) is 10.6 Å². The van der Waals surface area contributed by atoms with E-state index in [0.29, 0.717) is 11.4 Å². The smallest absolute Gasteiger partial charge is 0.143 e. The summed E-state index contributed by atoms with van der Waals surface area (Å²) in [6.07, 6.45) is 10.1. The molecule has 0 saturated carbocycles. The second-order valence-corrected chi connectivity index (χ2v) is 11.2. The fourth-order valence-electron chi connectivity index (χ4n) is 5.26. The molecular formula is C36H44N4O4. The van der Waals surface area contributed by atoms with E-state index in [9.17, 15) is 10.2 Å². The molecule has 3 aromatic carbocycles. The van der Waals surface area contributed by atoms with E-state index in [2.05, 4.69) is 45.2 Å². The van der Waals surface area contributed by atoms with E-state index in [1.807, 2.05) is 42.6 Å². The van der Waals surface area contributed by atoms with Crippen LogP contribution in [0.4, 0.5) is 11.4 Å². The van der Waals surface area contributed by atoms with Crippen molar-refractivity contribution in [2.75, 3.05) is 25.0 Å². The standard InChI is InChI=1S/C36H44N4O4/c41-33-24-32(40-20-12-4-2-10-18-38-26-30-22-28-14-6-8-16-36(28)44-30)34(42)23-31(33)39-19-11-3-1-9-17-37-25-29-21-27-13-5-7-15-35(27)43-29/h5-8,13-16,19,21-24,37-38,40-42H,1-4,9-12,17-18,20,25-26H2. The number of aliphatic imine (C=N–C) groups is 1. The van der Waals surface area contributed by atoms with Gasteiger partial charge in [-0.1, -0.05) is 55.7 Å². The summed E-state index contributed by atoms with van der Waals surface area (Å²) in [5.74, 6) is 2.08. The monoisotopic (exact) mass is 596 g/mol. The average molecular weight is 597 g/mol. The molecule has 2 aromatic heterocycles. The first kappa shape index (κ1) is 31.2. The molecule has 8 nitrogen and oxygen atoms in total. The Morgan fingerprint density at radius 2 is 1.18 bits per heavy atom. The maximum atomic E-state index is 10.4. The third-order valence-electron chi connectivity index (χ3n) is 7.66. The quantitative estimate of drug-likeness (QED) is 0.0281. The van der Waals surface area contributed by atoms with Gasteiger partial charge in [-0.2, -0.15) is 0 Å². The van der Waals surface area contributed by atoms with E-state index in [-0.39, 0.29) is 11.5 Å². The van der Waals surface area contributed by atoms with Crippen molar-refractivity contribution >= 4 is 39.5 Å². The van der Waals surface area contributed by atoms with Gasteiger partial charge in [0.1, 0.15) is 39.9 Å². The highest BCUT2D eigenvalue weighted by atomic mass is 16.3. The summed E-state index contributed by atoms with van der Waals surface area (Å²) in [6.45, 7) is 4.08. The van der Waals surface area contributed by atoms with Crippen LogP contribution < -0.4 is 16.0 Å². The van der Waals surface area contributed by atoms with Crippen molar-refractivity contribution < 1.29 is 19.0 Å². The first-order valence-electron chi connectivity index (χ1n) is 15.8. The Bertz CT molecular complexity index is 1560. The SMILES string of the molecule is Oc1cc(NCCCCCCNCc2cc3ccccc3o2)c(O)cc1N=CCCCCCNCc1cc2ccccc2o1. The molecule has 0 radical (unpaired) electrons. The Balaban J connectivity index is 0.885. The van der Waals surface area contributed by atoms with Crippen LogP contribution >= 0.6 is 0 Å². The Labute approximate surface area is 259 Å². The average Bonchev–Trinajstić information content (AvgIpc) is 3.64. The fraction of sp³-hybridized carbons (Fsp3) is 0.361. The number of hydrogen-bond acceptors (Lipinski definition) is 8. The van der Waals surface area contributed by atoms with E-state index in [4.69, 9.17) is 8.83 Å². The zero-order valence-corrected chi connectivity index (χ0v) is 25.4. The number of anilines is 1. The second-order valence-electron chi connectivity index (χ2n) is 11.2. The lowest BCUT2D eigenvalue weighted by Gasteiger charge is -2.10. The van der Waals surface area contributed by atoms with Crippen molar-refractivity contribution in [2.45, 2.75) is 64.5 Å². The number of unbranched alkanes of at least 4 members (excludes halogenated alkanes) is 6. The van der Waals surface area contributed by atoms with Crippen molar-refractivity contribution in [3.05, 3.63) is 84.3 Å². The summed E-state index contributed by atoms with van der Waals surface area (Å²) in [6, 6.07) is 23.4. The van der Waals surface area contributed by atoms with Gasteiger partial charge in [0.25, 0.3) is 0 Å². The molecule has 0 spiro atoms. The first-order valence-corrected chi connectivity index (χ1v) is 15.8. The van der Waals surface area contributed by atoms with Crippen molar-refractivity contribution in [2.24, 2.45) is 4.99 Å². The molecule has 0 unspecified atom stereocenters. The lowest BCUT2D eigenvalue weighted by atomic mass is 10.2. The molecule has 44 heavy (non-hydrogen) atoms. The topological polar surface area (TPSA) is 115 Å². The van der Waals surface area contributed by atoms with E-state index >= 15 is 0 Å². The number of fused-ring (bicyclic) bond motifs is 2. The molecular weight excluding hydrogens is 552 g/mol. The number of nitrogens with one attached hydrogen (secondary N) is 3. The predicted molar refractivity (Wildman–Crippen MR) is 179 cm³/mol. The summed E-state index contributed by atoms with van der Waals surface area (Å²) in [4.78, 5) is 4.38. The highest BCUT2D eigenvalue weighted by molar-refractivity contribution is 5.78. The van der Waals surface area contributed by atoms with Gasteiger partial charge in [0, 0.05) is 35.7 Å². The van der Waals surface area contributed by atoms with Crippen molar-refractivity contribution in [3.8, 4) is 11.5 Å². The molecule has 0 atom stereocenters. The number of phenols is 2. The van der Waals surface area contributed by atoms with Crippen molar-refractivity contribution in [3.63, 3.8) is 0 Å². The molecule has 0 amide bonds. The molecule has 8 heteroatoms. The molecule has 0 aliphatic rings. The van der Waals surface area contributed by atoms with E-state index < -0.39 is 0 Å². The Morgan fingerprint density at radius 1 is 0.614 bits per heavy atom. The van der Waals surface area contributed by atoms with Gasteiger partial charge in [-0.15, -0.1) is 0 Å². The third-order valence-corrected chi connectivity index (χ3v) is 7.66. The number of hydrogen-bond donors (Lipinski definition) is 5. The lowest BCUT2D eigenvalue weighted by molar-refractivity contribution is 0.463. The number of nitrogens with zero attached hydrogens (tertiary/aromatic N) is 1.